The topological polar surface area (TPSA) is 98.7 Å². The maximum absolute atomic E-state index is 12.0. The molecule has 114 valence electrons. The number of nitrogens with zero attached hydrogens (tertiary/aromatic N) is 1. The molecule has 0 saturated heterocycles. The van der Waals surface area contributed by atoms with E-state index < -0.39 is 12.0 Å². The predicted octanol–water partition coefficient (Wildman–Crippen LogP) is 1.97. The molecular formula is C14H19N3O4. The van der Waals surface area contributed by atoms with Crippen LogP contribution in [0, 0.1) is 0 Å². The van der Waals surface area contributed by atoms with Crippen LogP contribution in [0.5, 0.6) is 0 Å². The molecule has 1 aromatic carbocycles. The van der Waals surface area contributed by atoms with Gasteiger partial charge in [-0.1, -0.05) is 6.92 Å². The number of hydrogen-bond acceptors (Lipinski definition) is 3. The number of carboxylic acids is 1. The highest BCUT2D eigenvalue weighted by Gasteiger charge is 2.15. The van der Waals surface area contributed by atoms with Gasteiger partial charge in [0.15, 0.2) is 0 Å². The van der Waals surface area contributed by atoms with Gasteiger partial charge in [0.05, 0.1) is 0 Å². The molecule has 7 heteroatoms. The van der Waals surface area contributed by atoms with Gasteiger partial charge in [0.2, 0.25) is 5.91 Å². The van der Waals surface area contributed by atoms with Crippen molar-refractivity contribution in [1.82, 2.24) is 4.90 Å². The molecule has 0 heterocycles. The monoisotopic (exact) mass is 293 g/mol. The zero-order valence-corrected chi connectivity index (χ0v) is 12.0. The van der Waals surface area contributed by atoms with Crippen LogP contribution in [0.25, 0.3) is 0 Å². The summed E-state index contributed by atoms with van der Waals surface area (Å²) in [6.45, 7) is 3.29. The number of anilines is 2. The summed E-state index contributed by atoms with van der Waals surface area (Å²) in [7, 11) is 0. The number of amides is 3. The highest BCUT2D eigenvalue weighted by molar-refractivity contribution is 5.92. The second-order valence-corrected chi connectivity index (χ2v) is 4.50. The lowest BCUT2D eigenvalue weighted by Crippen LogP contribution is -2.39. The largest absolute Gasteiger partial charge is 0.480 e. The Hall–Kier alpha value is -2.57. The maximum Gasteiger partial charge on any atom is 0.323 e. The number of nitrogens with one attached hydrogen (secondary N) is 2. The van der Waals surface area contributed by atoms with E-state index in [9.17, 15) is 14.4 Å². The van der Waals surface area contributed by atoms with E-state index in [1.165, 1.54) is 11.8 Å². The molecule has 21 heavy (non-hydrogen) atoms. The Kier molecular flexibility index (Phi) is 6.19. The van der Waals surface area contributed by atoms with Crippen LogP contribution in [-0.4, -0.2) is 41.0 Å². The van der Waals surface area contributed by atoms with Gasteiger partial charge >= 0.3 is 12.0 Å². The fourth-order valence-electron chi connectivity index (χ4n) is 1.73. The molecule has 1 aromatic rings. The molecule has 0 fully saturated rings. The van der Waals surface area contributed by atoms with Gasteiger partial charge in [0.1, 0.15) is 6.54 Å². The summed E-state index contributed by atoms with van der Waals surface area (Å²) in [4.78, 5) is 34.8. The number of rotatable bonds is 6. The highest BCUT2D eigenvalue weighted by Crippen LogP contribution is 2.14. The summed E-state index contributed by atoms with van der Waals surface area (Å²) >= 11 is 0. The van der Waals surface area contributed by atoms with Crippen molar-refractivity contribution in [2.45, 2.75) is 20.3 Å². The van der Waals surface area contributed by atoms with Crippen LogP contribution in [0.1, 0.15) is 20.3 Å². The Balaban J connectivity index is 2.67. The minimum atomic E-state index is -1.06. The number of hydrogen-bond donors (Lipinski definition) is 3. The Bertz CT molecular complexity index is 513. The summed E-state index contributed by atoms with van der Waals surface area (Å²) in [6.07, 6.45) is 0.669. The van der Waals surface area contributed by atoms with Crippen LogP contribution in [0.15, 0.2) is 24.3 Å². The first kappa shape index (κ1) is 16.5. The Labute approximate surface area is 122 Å². The summed E-state index contributed by atoms with van der Waals surface area (Å²) in [5, 5.41) is 14.0. The van der Waals surface area contributed by atoms with Gasteiger partial charge in [0, 0.05) is 24.8 Å². The maximum atomic E-state index is 12.0. The number of urea groups is 1. The van der Waals surface area contributed by atoms with Crippen LogP contribution >= 0.6 is 0 Å². The third-order valence-corrected chi connectivity index (χ3v) is 2.56. The van der Waals surface area contributed by atoms with Gasteiger partial charge in [-0.25, -0.2) is 4.79 Å². The third kappa shape index (κ3) is 5.94. The van der Waals surface area contributed by atoms with E-state index in [1.807, 2.05) is 6.92 Å². The summed E-state index contributed by atoms with van der Waals surface area (Å²) in [5.41, 5.74) is 1.15. The smallest absolute Gasteiger partial charge is 0.323 e. The van der Waals surface area contributed by atoms with Gasteiger partial charge in [-0.2, -0.15) is 0 Å². The average Bonchev–Trinajstić information content (AvgIpc) is 2.39. The van der Waals surface area contributed by atoms with Crippen LogP contribution < -0.4 is 10.6 Å². The zero-order valence-electron chi connectivity index (χ0n) is 12.0. The highest BCUT2D eigenvalue weighted by atomic mass is 16.4. The van der Waals surface area contributed by atoms with Crippen molar-refractivity contribution < 1.29 is 19.5 Å². The Morgan fingerprint density at radius 2 is 1.62 bits per heavy atom. The molecule has 0 bridgehead atoms. The molecule has 3 amide bonds. The van der Waals surface area contributed by atoms with Crippen LogP contribution in [-0.2, 0) is 9.59 Å². The average molecular weight is 293 g/mol. The van der Waals surface area contributed by atoms with Gasteiger partial charge in [0.25, 0.3) is 0 Å². The second-order valence-electron chi connectivity index (χ2n) is 4.50. The normalized spacial score (nSPS) is 9.81. The number of carbonyl (C=O) groups excluding carboxylic acids is 2. The minimum Gasteiger partial charge on any atom is -0.480 e. The molecule has 0 saturated carbocycles. The van der Waals surface area contributed by atoms with Crippen molar-refractivity contribution in [3.63, 3.8) is 0 Å². The van der Waals surface area contributed by atoms with E-state index in [0.29, 0.717) is 24.3 Å². The molecule has 3 N–H and O–H groups in total. The van der Waals surface area contributed by atoms with Crippen LogP contribution in [0.2, 0.25) is 0 Å². The standard InChI is InChI=1S/C14H19N3O4/c1-3-8-17(9-13(19)20)14(21)16-12-6-4-11(5-7-12)15-10(2)18/h4-7H,3,8-9H2,1-2H3,(H,15,18)(H,16,21)(H,19,20). The molecule has 0 aromatic heterocycles. The van der Waals surface area contributed by atoms with E-state index in [1.54, 1.807) is 24.3 Å². The number of carbonyl (C=O) groups is 3. The zero-order chi connectivity index (χ0) is 15.8. The second kappa shape index (κ2) is 7.88. The van der Waals surface area contributed by atoms with E-state index in [4.69, 9.17) is 5.11 Å². The van der Waals surface area contributed by atoms with E-state index >= 15 is 0 Å². The summed E-state index contributed by atoms with van der Waals surface area (Å²) in [5.74, 6) is -1.23. The van der Waals surface area contributed by atoms with Crippen molar-refractivity contribution in [3.8, 4) is 0 Å². The van der Waals surface area contributed by atoms with Crippen molar-refractivity contribution in [1.29, 1.82) is 0 Å². The van der Waals surface area contributed by atoms with Crippen LogP contribution in [0.4, 0.5) is 16.2 Å². The van der Waals surface area contributed by atoms with Crippen molar-refractivity contribution in [3.05, 3.63) is 24.3 Å². The first-order valence-corrected chi connectivity index (χ1v) is 6.57. The SMILES string of the molecule is CCCN(CC(=O)O)C(=O)Nc1ccc(NC(C)=O)cc1. The first-order chi connectivity index (χ1) is 9.92. The molecule has 0 unspecified atom stereocenters. The molecule has 0 aliphatic carbocycles. The fourth-order valence-corrected chi connectivity index (χ4v) is 1.73. The van der Waals surface area contributed by atoms with Gasteiger partial charge in [-0.05, 0) is 30.7 Å². The summed E-state index contributed by atoms with van der Waals surface area (Å²) in [6, 6.07) is 6.10. The van der Waals surface area contributed by atoms with Gasteiger partial charge in [-0.15, -0.1) is 0 Å². The molecule has 0 radical (unpaired) electrons. The van der Waals surface area contributed by atoms with Crippen molar-refractivity contribution >= 4 is 29.3 Å². The molecular weight excluding hydrogens is 274 g/mol. The van der Waals surface area contributed by atoms with E-state index in [2.05, 4.69) is 10.6 Å². The van der Waals surface area contributed by atoms with E-state index in [0.717, 1.165) is 0 Å². The number of aliphatic carboxylic acids is 1. The molecule has 0 atom stereocenters. The summed E-state index contributed by atoms with van der Waals surface area (Å²) < 4.78 is 0. The predicted molar refractivity (Wildman–Crippen MR) is 79.3 cm³/mol. The lowest BCUT2D eigenvalue weighted by atomic mass is 10.3. The molecule has 0 aliphatic heterocycles. The first-order valence-electron chi connectivity index (χ1n) is 6.57. The lowest BCUT2D eigenvalue weighted by Gasteiger charge is -2.20. The molecule has 7 nitrogen and oxygen atoms in total. The Morgan fingerprint density at radius 1 is 1.10 bits per heavy atom. The number of carboxylic acid groups (broad SMARTS) is 1. The minimum absolute atomic E-state index is 0.178. The van der Waals surface area contributed by atoms with Gasteiger partial charge < -0.3 is 20.6 Å². The van der Waals surface area contributed by atoms with Crippen molar-refractivity contribution in [2.24, 2.45) is 0 Å². The quantitative estimate of drug-likeness (QED) is 0.746. The van der Waals surface area contributed by atoms with Crippen LogP contribution in [0.3, 0.4) is 0 Å². The Morgan fingerprint density at radius 3 is 2.05 bits per heavy atom. The molecule has 0 aliphatic rings. The van der Waals surface area contributed by atoms with Gasteiger partial charge in [-0.3, -0.25) is 9.59 Å². The molecule has 1 rings (SSSR count). The van der Waals surface area contributed by atoms with Crippen molar-refractivity contribution in [2.75, 3.05) is 23.7 Å². The molecule has 0 spiro atoms. The van der Waals surface area contributed by atoms with E-state index in [-0.39, 0.29) is 12.5 Å². The fraction of sp³-hybridized carbons (Fsp3) is 0.357. The lowest BCUT2D eigenvalue weighted by molar-refractivity contribution is -0.137. The number of benzene rings is 1. The third-order valence-electron chi connectivity index (χ3n) is 2.56.